The van der Waals surface area contributed by atoms with Crippen molar-refractivity contribution in [3.63, 3.8) is 0 Å². The first kappa shape index (κ1) is 21.1. The summed E-state index contributed by atoms with van der Waals surface area (Å²) in [6.45, 7) is 2.13. The van der Waals surface area contributed by atoms with Crippen LogP contribution in [0.3, 0.4) is 0 Å². The highest BCUT2D eigenvalue weighted by Gasteiger charge is 2.44. The molecule has 2 atom stereocenters. The Hall–Kier alpha value is -3.17. The zero-order chi connectivity index (χ0) is 20.4. The van der Waals surface area contributed by atoms with Crippen LogP contribution in [0.4, 0.5) is 0 Å². The molecule has 1 saturated carbocycles. The van der Waals surface area contributed by atoms with Gasteiger partial charge in [-0.2, -0.15) is 0 Å². The van der Waals surface area contributed by atoms with Crippen LogP contribution in [0.25, 0.3) is 10.4 Å². The maximum Gasteiger partial charge on any atom is 0.311 e. The molecule has 0 spiro atoms. The van der Waals surface area contributed by atoms with Crippen molar-refractivity contribution in [3.8, 4) is 0 Å². The van der Waals surface area contributed by atoms with Crippen LogP contribution < -0.4 is 10.6 Å². The summed E-state index contributed by atoms with van der Waals surface area (Å²) in [6, 6.07) is 17.4. The van der Waals surface area contributed by atoms with Crippen molar-refractivity contribution in [3.05, 3.63) is 71.1 Å². The maximum atomic E-state index is 12.8. The van der Waals surface area contributed by atoms with Gasteiger partial charge < -0.3 is 9.30 Å². The summed E-state index contributed by atoms with van der Waals surface area (Å²) >= 11 is 0. The maximum absolute atomic E-state index is 12.8. The summed E-state index contributed by atoms with van der Waals surface area (Å²) in [6.07, 6.45) is 2.06. The lowest BCUT2D eigenvalue weighted by atomic mass is 10.4. The molecule has 0 amide bonds. The lowest BCUT2D eigenvalue weighted by Gasteiger charge is -2.12. The molecular weight excluding hydrogens is 379 g/mol. The highest BCUT2D eigenvalue weighted by molar-refractivity contribution is 7.77. The summed E-state index contributed by atoms with van der Waals surface area (Å²) < 4.78 is 17.5. The molecule has 0 N–H and O–H groups in total. The van der Waals surface area contributed by atoms with Gasteiger partial charge in [0.1, 0.15) is 0 Å². The Labute approximate surface area is 162 Å². The molecule has 9 heteroatoms. The van der Waals surface area contributed by atoms with Crippen LogP contribution in [0.5, 0.6) is 0 Å². The number of carbonyl (C=O) groups excluding carboxylic acids is 2. The van der Waals surface area contributed by atoms with E-state index in [1.807, 2.05) is 12.1 Å². The Morgan fingerprint density at radius 3 is 2.14 bits per heavy atom. The van der Waals surface area contributed by atoms with Crippen LogP contribution in [-0.4, -0.2) is 24.7 Å². The number of hydrogen-bond acceptors (Lipinski definition) is 5. The molecule has 144 valence electrons. The first-order chi connectivity index (χ1) is 13.6. The average molecular weight is 398 g/mol. The molecule has 8 nitrogen and oxygen atoms in total. The summed E-state index contributed by atoms with van der Waals surface area (Å²) in [5.74, 6) is -0.437. The molecule has 0 aromatic heterocycles. The number of nitrogens with zero attached hydrogens (tertiary/aromatic N) is 4. The number of benzene rings is 2. The third kappa shape index (κ3) is 5.41. The highest BCUT2D eigenvalue weighted by atomic mass is 31.2. The van der Waals surface area contributed by atoms with E-state index >= 15 is 0 Å². The fraction of sp³-hybridized carbons (Fsp3) is 0.263. The normalized spacial score (nSPS) is 17.0. The van der Waals surface area contributed by atoms with E-state index in [4.69, 9.17) is 10.3 Å². The monoisotopic (exact) mass is 398 g/mol. The van der Waals surface area contributed by atoms with Crippen LogP contribution in [0.2, 0.25) is 0 Å². The molecule has 1 fully saturated rings. The van der Waals surface area contributed by atoms with Crippen LogP contribution >= 0.6 is 7.29 Å². The van der Waals surface area contributed by atoms with Crippen LogP contribution in [-0.2, 0) is 18.9 Å². The Bertz CT molecular complexity index is 895. The number of aliphatic imine (C=N–C) groups is 1. The van der Waals surface area contributed by atoms with Crippen molar-refractivity contribution in [2.45, 2.75) is 19.4 Å². The van der Waals surface area contributed by atoms with Crippen LogP contribution in [0.1, 0.15) is 13.3 Å². The van der Waals surface area contributed by atoms with E-state index in [1.165, 1.54) is 6.08 Å². The summed E-state index contributed by atoms with van der Waals surface area (Å²) in [4.78, 5) is 30.3. The number of ether oxygens (including phenoxy) is 1. The number of esters is 1. The van der Waals surface area contributed by atoms with E-state index in [-0.39, 0.29) is 17.9 Å². The summed E-state index contributed by atoms with van der Waals surface area (Å²) in [7, 11) is -3.22. The number of azide groups is 1. The van der Waals surface area contributed by atoms with Gasteiger partial charge in [0.25, 0.3) is 0 Å². The number of isocyanates is 1. The average Bonchev–Trinajstić information content (AvgIpc) is 3.50. The van der Waals surface area contributed by atoms with Crippen molar-refractivity contribution in [1.82, 2.24) is 0 Å². The lowest BCUT2D eigenvalue weighted by Crippen LogP contribution is -2.13. The molecule has 28 heavy (non-hydrogen) atoms. The van der Waals surface area contributed by atoms with Crippen LogP contribution in [0.15, 0.2) is 70.5 Å². The van der Waals surface area contributed by atoms with E-state index in [2.05, 4.69) is 14.8 Å². The molecule has 2 aromatic carbocycles. The van der Waals surface area contributed by atoms with E-state index in [1.54, 1.807) is 55.5 Å². The molecule has 0 saturated heterocycles. The quantitative estimate of drug-likeness (QED) is 0.141. The van der Waals surface area contributed by atoms with Gasteiger partial charge in [-0.05, 0) is 23.8 Å². The minimum absolute atomic E-state index is 0.161. The predicted octanol–water partition coefficient (Wildman–Crippen LogP) is 3.50. The zero-order valence-corrected chi connectivity index (χ0v) is 16.1. The molecule has 0 heterocycles. The second-order valence-electron chi connectivity index (χ2n) is 5.81. The van der Waals surface area contributed by atoms with Gasteiger partial charge >= 0.3 is 5.97 Å². The standard InChI is InChI=1S/C12H10N3OP.C7H9NO3/c13-14-15-17(16,11-7-3-1-4-8-11)12-9-5-2-6-10-12;1-2-11-7(10)5-3-6(5)8-4-9/h1-10H;5-6H,2-3H2,1H3/t;5-,6-/m.1/s1. The molecule has 0 bridgehead atoms. The second-order valence-corrected chi connectivity index (χ2v) is 8.17. The van der Waals surface area contributed by atoms with E-state index in [0.717, 1.165) is 0 Å². The fourth-order valence-electron chi connectivity index (χ4n) is 2.46. The fourth-order valence-corrected chi connectivity index (χ4v) is 4.23. The van der Waals surface area contributed by atoms with E-state index in [9.17, 15) is 14.2 Å². The second kappa shape index (κ2) is 10.2. The van der Waals surface area contributed by atoms with Gasteiger partial charge in [0, 0.05) is 15.5 Å². The van der Waals surface area contributed by atoms with Crippen LogP contribution in [0, 0.1) is 5.92 Å². The van der Waals surface area contributed by atoms with Gasteiger partial charge in [0.2, 0.25) is 13.4 Å². The predicted molar refractivity (Wildman–Crippen MR) is 106 cm³/mol. The van der Waals surface area contributed by atoms with Crippen molar-refractivity contribution in [2.75, 3.05) is 6.61 Å². The van der Waals surface area contributed by atoms with Gasteiger partial charge in [0.05, 0.1) is 18.6 Å². The Balaban J connectivity index is 0.000000221. The Morgan fingerprint density at radius 2 is 1.71 bits per heavy atom. The smallest absolute Gasteiger partial charge is 0.311 e. The largest absolute Gasteiger partial charge is 0.466 e. The minimum atomic E-state index is -3.22. The van der Waals surface area contributed by atoms with Gasteiger partial charge in [-0.1, -0.05) is 60.7 Å². The van der Waals surface area contributed by atoms with E-state index in [0.29, 0.717) is 23.6 Å². The minimum Gasteiger partial charge on any atom is -0.466 e. The topological polar surface area (TPSA) is 122 Å². The van der Waals surface area contributed by atoms with Crippen molar-refractivity contribution >= 4 is 30.0 Å². The van der Waals surface area contributed by atoms with Crippen molar-refractivity contribution in [1.29, 1.82) is 0 Å². The van der Waals surface area contributed by atoms with Gasteiger partial charge in [0.15, 0.2) is 0 Å². The number of hydrogen-bond donors (Lipinski definition) is 0. The molecule has 0 radical (unpaired) electrons. The van der Waals surface area contributed by atoms with Gasteiger partial charge in [-0.25, -0.2) is 9.79 Å². The van der Waals surface area contributed by atoms with Crippen molar-refractivity contribution < 1.29 is 18.9 Å². The highest BCUT2D eigenvalue weighted by Crippen LogP contribution is 2.44. The lowest BCUT2D eigenvalue weighted by molar-refractivity contribution is -0.144. The SMILES string of the molecule is CCOC(=O)[C@@H]1C[C@H]1N=C=O.[N-]=[N+]=NP(=O)(c1ccccc1)c1ccccc1. The third-order valence-corrected chi connectivity index (χ3v) is 6.27. The summed E-state index contributed by atoms with van der Waals surface area (Å²) in [5, 5.41) is 1.09. The Kier molecular flexibility index (Phi) is 7.73. The van der Waals surface area contributed by atoms with E-state index < -0.39 is 7.29 Å². The molecule has 0 aliphatic heterocycles. The molecule has 0 unspecified atom stereocenters. The summed E-state index contributed by atoms with van der Waals surface area (Å²) in [5.41, 5.74) is 8.61. The zero-order valence-electron chi connectivity index (χ0n) is 15.2. The van der Waals surface area contributed by atoms with Crippen molar-refractivity contribution in [2.24, 2.45) is 15.8 Å². The molecule has 1 aliphatic rings. The van der Waals surface area contributed by atoms with Gasteiger partial charge in [-0.3, -0.25) is 4.79 Å². The Morgan fingerprint density at radius 1 is 1.18 bits per heavy atom. The number of rotatable bonds is 6. The first-order valence-corrected chi connectivity index (χ1v) is 10.2. The van der Waals surface area contributed by atoms with Gasteiger partial charge in [-0.15, -0.1) is 0 Å². The number of carbonyl (C=O) groups is 1. The first-order valence-electron chi connectivity index (χ1n) is 8.58. The molecule has 3 rings (SSSR count). The third-order valence-electron chi connectivity index (χ3n) is 3.94. The molecule has 2 aromatic rings. The molecule has 1 aliphatic carbocycles. The molecular formula is C19H19N4O4P.